The number of nitrogens with zero attached hydrogens (tertiary/aromatic N) is 1. The molecule has 1 N–H and O–H groups in total. The van der Waals surface area contributed by atoms with Gasteiger partial charge in [0.2, 0.25) is 0 Å². The molecule has 0 aliphatic carbocycles. The third-order valence-corrected chi connectivity index (χ3v) is 3.79. The van der Waals surface area contributed by atoms with Crippen LogP contribution in [0.5, 0.6) is 0 Å². The minimum atomic E-state index is -1.59. The molecule has 1 aromatic carbocycles. The number of esters is 1. The van der Waals surface area contributed by atoms with Gasteiger partial charge in [-0.25, -0.2) is 18.0 Å². The van der Waals surface area contributed by atoms with Crippen LogP contribution in [0.2, 0.25) is 0 Å². The Morgan fingerprint density at radius 1 is 1.26 bits per heavy atom. The Balaban J connectivity index is 2.17. The molecule has 0 aromatic heterocycles. The van der Waals surface area contributed by atoms with Crippen LogP contribution >= 0.6 is 0 Å². The fourth-order valence-electron chi connectivity index (χ4n) is 2.53. The SMILES string of the molecule is CCOC(=O)C1CN1CC(NC(=O)OC(C)(C)C)c1cc(F)c(F)c(F)c1. The average Bonchev–Trinajstić information content (AvgIpc) is 3.29. The van der Waals surface area contributed by atoms with Gasteiger partial charge in [-0.05, 0) is 45.4 Å². The van der Waals surface area contributed by atoms with Gasteiger partial charge in [-0.3, -0.25) is 9.69 Å². The third kappa shape index (κ3) is 5.85. The quantitative estimate of drug-likeness (QED) is 0.461. The van der Waals surface area contributed by atoms with Crippen LogP contribution in [0.1, 0.15) is 39.3 Å². The van der Waals surface area contributed by atoms with Crippen molar-refractivity contribution in [3.63, 3.8) is 0 Å². The van der Waals surface area contributed by atoms with Gasteiger partial charge in [0.25, 0.3) is 0 Å². The molecule has 0 bridgehead atoms. The first kappa shape index (κ1) is 21.0. The number of ether oxygens (including phenoxy) is 2. The Bertz CT molecular complexity index is 698. The minimum Gasteiger partial charge on any atom is -0.465 e. The van der Waals surface area contributed by atoms with Gasteiger partial charge in [-0.1, -0.05) is 0 Å². The van der Waals surface area contributed by atoms with Gasteiger partial charge in [0, 0.05) is 13.1 Å². The summed E-state index contributed by atoms with van der Waals surface area (Å²) in [5.74, 6) is -4.74. The number of hydrogen-bond donors (Lipinski definition) is 1. The van der Waals surface area contributed by atoms with E-state index in [4.69, 9.17) is 9.47 Å². The van der Waals surface area contributed by atoms with Crippen molar-refractivity contribution in [2.75, 3.05) is 19.7 Å². The Kier molecular flexibility index (Phi) is 6.35. The number of nitrogens with one attached hydrogen (secondary N) is 1. The molecule has 1 aliphatic rings. The number of benzene rings is 1. The van der Waals surface area contributed by atoms with Gasteiger partial charge in [0.1, 0.15) is 11.6 Å². The number of carbonyl (C=O) groups is 2. The Hall–Kier alpha value is -2.29. The lowest BCUT2D eigenvalue weighted by atomic mass is 10.1. The van der Waals surface area contributed by atoms with Crippen LogP contribution in [0.25, 0.3) is 0 Å². The Morgan fingerprint density at radius 3 is 2.37 bits per heavy atom. The number of rotatable bonds is 6. The molecule has 2 rings (SSSR count). The summed E-state index contributed by atoms with van der Waals surface area (Å²) in [7, 11) is 0. The molecule has 150 valence electrons. The maximum atomic E-state index is 13.6. The van der Waals surface area contributed by atoms with Crippen molar-refractivity contribution in [2.45, 2.75) is 45.4 Å². The van der Waals surface area contributed by atoms with Crippen molar-refractivity contribution in [1.29, 1.82) is 0 Å². The summed E-state index contributed by atoms with van der Waals surface area (Å²) in [6.07, 6.45) is -0.799. The van der Waals surface area contributed by atoms with Gasteiger partial charge in [0.05, 0.1) is 12.6 Å². The zero-order valence-corrected chi connectivity index (χ0v) is 15.6. The van der Waals surface area contributed by atoms with Crippen LogP contribution in [0.15, 0.2) is 12.1 Å². The van der Waals surface area contributed by atoms with Gasteiger partial charge < -0.3 is 14.8 Å². The second kappa shape index (κ2) is 8.16. The highest BCUT2D eigenvalue weighted by atomic mass is 19.2. The van der Waals surface area contributed by atoms with Crippen LogP contribution in [0, 0.1) is 17.5 Å². The molecule has 1 saturated heterocycles. The average molecular weight is 388 g/mol. The first-order valence-corrected chi connectivity index (χ1v) is 8.56. The summed E-state index contributed by atoms with van der Waals surface area (Å²) < 4.78 is 50.6. The number of carbonyl (C=O) groups excluding carboxylic acids is 2. The van der Waals surface area contributed by atoms with Crippen molar-refractivity contribution in [1.82, 2.24) is 10.2 Å². The maximum Gasteiger partial charge on any atom is 0.408 e. The molecule has 3 atom stereocenters. The summed E-state index contributed by atoms with van der Waals surface area (Å²) in [6.45, 7) is 7.38. The van der Waals surface area contributed by atoms with E-state index < -0.39 is 47.2 Å². The number of amides is 1. The van der Waals surface area contributed by atoms with Gasteiger partial charge in [-0.15, -0.1) is 0 Å². The summed E-state index contributed by atoms with van der Waals surface area (Å²) in [6, 6.07) is 0.221. The molecule has 1 heterocycles. The number of halogens is 3. The van der Waals surface area contributed by atoms with Crippen molar-refractivity contribution in [2.24, 2.45) is 0 Å². The first-order valence-electron chi connectivity index (χ1n) is 8.56. The molecule has 0 radical (unpaired) electrons. The summed E-state index contributed by atoms with van der Waals surface area (Å²) in [5.41, 5.74) is -0.756. The second-order valence-electron chi connectivity index (χ2n) is 7.22. The maximum absolute atomic E-state index is 13.6. The van der Waals surface area contributed by atoms with Crippen molar-refractivity contribution < 1.29 is 32.2 Å². The summed E-state index contributed by atoms with van der Waals surface area (Å²) in [4.78, 5) is 25.5. The van der Waals surface area contributed by atoms with E-state index >= 15 is 0 Å². The second-order valence-corrected chi connectivity index (χ2v) is 7.22. The molecule has 1 fully saturated rings. The first-order chi connectivity index (χ1) is 12.5. The molecule has 3 unspecified atom stereocenters. The molecule has 6 nitrogen and oxygen atoms in total. The summed E-state index contributed by atoms with van der Waals surface area (Å²) in [5, 5.41) is 2.52. The summed E-state index contributed by atoms with van der Waals surface area (Å²) >= 11 is 0. The predicted octanol–water partition coefficient (Wildman–Crippen LogP) is 2.92. The lowest BCUT2D eigenvalue weighted by molar-refractivity contribution is -0.143. The molecule has 0 spiro atoms. The van der Waals surface area contributed by atoms with Crippen LogP contribution in [-0.2, 0) is 14.3 Å². The van der Waals surface area contributed by atoms with Crippen LogP contribution in [0.4, 0.5) is 18.0 Å². The van der Waals surface area contributed by atoms with Gasteiger partial charge >= 0.3 is 12.1 Å². The zero-order valence-electron chi connectivity index (χ0n) is 15.6. The van der Waals surface area contributed by atoms with E-state index in [0.717, 1.165) is 12.1 Å². The normalized spacial score (nSPS) is 20.0. The zero-order chi connectivity index (χ0) is 20.4. The van der Waals surface area contributed by atoms with E-state index in [-0.39, 0.29) is 18.7 Å². The molecule has 0 saturated carbocycles. The topological polar surface area (TPSA) is 67.6 Å². The van der Waals surface area contributed by atoms with E-state index in [2.05, 4.69) is 5.32 Å². The van der Waals surface area contributed by atoms with E-state index in [1.54, 1.807) is 32.6 Å². The minimum absolute atomic E-state index is 0.0202. The highest BCUT2D eigenvalue weighted by Gasteiger charge is 2.43. The molecular weight excluding hydrogens is 365 g/mol. The van der Waals surface area contributed by atoms with E-state index in [0.29, 0.717) is 6.54 Å². The number of alkyl carbamates (subject to hydrolysis) is 1. The lowest BCUT2D eigenvalue weighted by Crippen LogP contribution is -2.38. The Morgan fingerprint density at radius 2 is 1.85 bits per heavy atom. The number of hydrogen-bond acceptors (Lipinski definition) is 5. The fraction of sp³-hybridized carbons (Fsp3) is 0.556. The molecule has 9 heteroatoms. The van der Waals surface area contributed by atoms with Gasteiger partial charge in [0.15, 0.2) is 17.5 Å². The monoisotopic (exact) mass is 388 g/mol. The molecule has 1 aliphatic heterocycles. The van der Waals surface area contributed by atoms with Crippen LogP contribution in [-0.4, -0.2) is 48.3 Å². The smallest absolute Gasteiger partial charge is 0.408 e. The molecule has 1 aromatic rings. The van der Waals surface area contributed by atoms with E-state index in [1.165, 1.54) is 0 Å². The standard InChI is InChI=1S/C18H23F3N2O4/c1-5-26-16(24)14-9-23(14)8-13(22-17(25)27-18(2,3)4)10-6-11(19)15(21)12(20)7-10/h6-7,13-14H,5,8-9H2,1-4H3,(H,22,25). The fourth-order valence-corrected chi connectivity index (χ4v) is 2.53. The lowest BCUT2D eigenvalue weighted by Gasteiger charge is -2.24. The van der Waals surface area contributed by atoms with Crippen LogP contribution < -0.4 is 5.32 Å². The third-order valence-electron chi connectivity index (χ3n) is 3.79. The Labute approximate surface area is 155 Å². The van der Waals surface area contributed by atoms with E-state index in [9.17, 15) is 22.8 Å². The highest BCUT2D eigenvalue weighted by molar-refractivity contribution is 5.79. The van der Waals surface area contributed by atoms with Gasteiger partial charge in [-0.2, -0.15) is 0 Å². The molecule has 1 amide bonds. The predicted molar refractivity (Wildman–Crippen MR) is 90.4 cm³/mol. The van der Waals surface area contributed by atoms with Crippen molar-refractivity contribution in [3.05, 3.63) is 35.1 Å². The van der Waals surface area contributed by atoms with E-state index in [1.807, 2.05) is 0 Å². The van der Waals surface area contributed by atoms with Crippen molar-refractivity contribution >= 4 is 12.1 Å². The van der Waals surface area contributed by atoms with Crippen LogP contribution in [0.3, 0.4) is 0 Å². The largest absolute Gasteiger partial charge is 0.465 e. The molecule has 27 heavy (non-hydrogen) atoms. The highest BCUT2D eigenvalue weighted by Crippen LogP contribution is 2.26. The molecular formula is C18H23F3N2O4. The van der Waals surface area contributed by atoms with Crippen molar-refractivity contribution in [3.8, 4) is 0 Å².